The average Bonchev–Trinajstić information content (AvgIpc) is 2.45. The van der Waals surface area contributed by atoms with E-state index in [1.807, 2.05) is 0 Å². The second kappa shape index (κ2) is 9.02. The molecule has 0 unspecified atom stereocenters. The third kappa shape index (κ3) is 8.09. The number of hydrogen-bond acceptors (Lipinski definition) is 6. The number of carbonyl (C=O) groups excluding carboxylic acids is 1. The molecular weight excluding hydrogens is 314 g/mol. The van der Waals surface area contributed by atoms with Gasteiger partial charge in [-0.05, 0) is 57.3 Å². The van der Waals surface area contributed by atoms with E-state index in [1.165, 1.54) is 0 Å². The molecule has 0 saturated heterocycles. The molecule has 0 aliphatic heterocycles. The highest BCUT2D eigenvalue weighted by atomic mass is 32.1. The van der Waals surface area contributed by atoms with Crippen LogP contribution in [0.2, 0.25) is 0 Å². The number of benzene rings is 1. The summed E-state index contributed by atoms with van der Waals surface area (Å²) in [4.78, 5) is 15.4. The maximum absolute atomic E-state index is 11.6. The predicted octanol–water partition coefficient (Wildman–Crippen LogP) is 3.41. The molecule has 23 heavy (non-hydrogen) atoms. The number of hydrogen-bond donors (Lipinski definition) is 2. The monoisotopic (exact) mass is 335 g/mol. The fourth-order valence-corrected chi connectivity index (χ4v) is 1.67. The van der Waals surface area contributed by atoms with Gasteiger partial charge in [-0.3, -0.25) is 10.7 Å². The van der Waals surface area contributed by atoms with Crippen LogP contribution >= 0.6 is 12.2 Å². The minimum Gasteiger partial charge on any atom is -0.494 e. The number of ether oxygens (including phenoxy) is 2. The van der Waals surface area contributed by atoms with Gasteiger partial charge in [0.2, 0.25) is 0 Å². The molecule has 1 rings (SSSR count). The quantitative estimate of drug-likeness (QED) is 0.361. The van der Waals surface area contributed by atoms with Crippen molar-refractivity contribution in [1.82, 2.24) is 5.32 Å². The first-order valence-corrected chi connectivity index (χ1v) is 7.58. The number of alkyl carbamates (subject to hydrolysis) is 1. The number of amides is 1. The van der Waals surface area contributed by atoms with Gasteiger partial charge in [0, 0.05) is 12.0 Å². The number of thiocarbonyl (C=S) groups is 1. The summed E-state index contributed by atoms with van der Waals surface area (Å²) in [7, 11) is 0. The molecule has 0 fully saturated rings. The summed E-state index contributed by atoms with van der Waals surface area (Å²) >= 11 is 4.48. The molecule has 2 N–H and O–H groups in total. The minimum atomic E-state index is -0.651. The Labute approximate surface area is 141 Å². The van der Waals surface area contributed by atoms with Crippen molar-refractivity contribution < 1.29 is 14.3 Å². The van der Waals surface area contributed by atoms with Gasteiger partial charge in [-0.2, -0.15) is 0 Å². The molecule has 0 aliphatic carbocycles. The van der Waals surface area contributed by atoms with Crippen LogP contribution in [-0.2, 0) is 4.74 Å². The van der Waals surface area contributed by atoms with Crippen LogP contribution in [0, 0.1) is 5.41 Å². The van der Waals surface area contributed by atoms with Crippen LogP contribution in [-0.4, -0.2) is 35.8 Å². The number of carbonyl (C=O) groups is 1. The molecule has 0 bridgehead atoms. The molecule has 0 radical (unpaired) electrons. The van der Waals surface area contributed by atoms with Crippen molar-refractivity contribution in [2.45, 2.75) is 32.8 Å². The van der Waals surface area contributed by atoms with Gasteiger partial charge < -0.3 is 9.47 Å². The van der Waals surface area contributed by atoms with Crippen LogP contribution in [0.25, 0.3) is 0 Å². The van der Waals surface area contributed by atoms with Gasteiger partial charge >= 0.3 is 6.09 Å². The molecule has 0 spiro atoms. The summed E-state index contributed by atoms with van der Waals surface area (Å²) < 4.78 is 10.6. The molecule has 0 aliphatic rings. The molecule has 6 nitrogen and oxygen atoms in total. The largest absolute Gasteiger partial charge is 0.494 e. The molecule has 0 aromatic heterocycles. The van der Waals surface area contributed by atoms with E-state index in [-0.39, 0.29) is 5.84 Å². The zero-order chi connectivity index (χ0) is 17.3. The lowest BCUT2D eigenvalue weighted by Crippen LogP contribution is -2.36. The minimum absolute atomic E-state index is 0.0267. The second-order valence-electron chi connectivity index (χ2n) is 5.70. The Morgan fingerprint density at radius 1 is 1.35 bits per heavy atom. The van der Waals surface area contributed by atoms with E-state index in [2.05, 4.69) is 27.7 Å². The third-order valence-corrected chi connectivity index (χ3v) is 2.65. The van der Waals surface area contributed by atoms with E-state index in [0.717, 1.165) is 6.42 Å². The van der Waals surface area contributed by atoms with Gasteiger partial charge in [0.25, 0.3) is 0 Å². The molecule has 0 atom stereocenters. The van der Waals surface area contributed by atoms with Crippen LogP contribution in [0.4, 0.5) is 4.79 Å². The maximum atomic E-state index is 11.6. The van der Waals surface area contributed by atoms with Crippen LogP contribution in [0.15, 0.2) is 29.3 Å². The molecule has 1 amide bonds. The van der Waals surface area contributed by atoms with Crippen molar-refractivity contribution >= 4 is 29.3 Å². The lowest BCUT2D eigenvalue weighted by molar-refractivity contribution is 0.0563. The number of rotatable bonds is 6. The summed E-state index contributed by atoms with van der Waals surface area (Å²) in [5.74, 6) is 0.659. The number of nitrogens with zero attached hydrogens (tertiary/aromatic N) is 1. The maximum Gasteiger partial charge on any atom is 0.413 e. The van der Waals surface area contributed by atoms with Crippen LogP contribution in [0.3, 0.4) is 0 Å². The lowest BCUT2D eigenvalue weighted by atomic mass is 10.2. The topological polar surface area (TPSA) is 83.8 Å². The first-order valence-electron chi connectivity index (χ1n) is 7.17. The summed E-state index contributed by atoms with van der Waals surface area (Å²) in [5, 5.41) is 12.6. The van der Waals surface area contributed by atoms with Gasteiger partial charge in [-0.1, -0.05) is 0 Å². The standard InChI is InChI=1S/C16H21N3O3S/c1-16(2,3)22-15(20)19-14(17)12-5-7-13(8-6-12)21-10-4-9-18-11-23/h5-8H,4,9-10H2,1-3H3,(H2,17,19,20). The van der Waals surface area contributed by atoms with E-state index >= 15 is 0 Å². The van der Waals surface area contributed by atoms with Gasteiger partial charge in [-0.15, -0.1) is 0 Å². The molecular formula is C16H21N3O3S. The van der Waals surface area contributed by atoms with Crippen molar-refractivity contribution in [2.24, 2.45) is 4.99 Å². The predicted molar refractivity (Wildman–Crippen MR) is 92.6 cm³/mol. The van der Waals surface area contributed by atoms with E-state index in [4.69, 9.17) is 14.9 Å². The summed E-state index contributed by atoms with van der Waals surface area (Å²) in [6.45, 7) is 6.40. The summed E-state index contributed by atoms with van der Waals surface area (Å²) in [6, 6.07) is 6.88. The summed E-state index contributed by atoms with van der Waals surface area (Å²) in [5.41, 5.74) is -0.0387. The van der Waals surface area contributed by atoms with E-state index in [9.17, 15) is 4.79 Å². The fraction of sp³-hybridized carbons (Fsp3) is 0.438. The highest BCUT2D eigenvalue weighted by molar-refractivity contribution is 7.78. The van der Waals surface area contributed by atoms with Crippen LogP contribution in [0.1, 0.15) is 32.8 Å². The van der Waals surface area contributed by atoms with Crippen LogP contribution < -0.4 is 10.1 Å². The van der Waals surface area contributed by atoms with Gasteiger partial charge in [0.05, 0.1) is 18.3 Å². The zero-order valence-corrected chi connectivity index (χ0v) is 14.3. The Morgan fingerprint density at radius 3 is 2.57 bits per heavy atom. The number of aliphatic imine (C=N–C) groups is 1. The van der Waals surface area contributed by atoms with Crippen molar-refractivity contribution in [1.29, 1.82) is 5.41 Å². The molecule has 1 aromatic carbocycles. The Morgan fingerprint density at radius 2 is 2.00 bits per heavy atom. The molecule has 0 saturated carbocycles. The van der Waals surface area contributed by atoms with Gasteiger partial charge in [0.15, 0.2) is 0 Å². The number of nitrogens with one attached hydrogen (secondary N) is 2. The molecule has 7 heteroatoms. The third-order valence-electron chi connectivity index (χ3n) is 2.52. The van der Waals surface area contributed by atoms with Crippen molar-refractivity contribution in [3.63, 3.8) is 0 Å². The highest BCUT2D eigenvalue weighted by Crippen LogP contribution is 2.13. The van der Waals surface area contributed by atoms with Gasteiger partial charge in [-0.25, -0.2) is 9.79 Å². The smallest absolute Gasteiger partial charge is 0.413 e. The molecule has 124 valence electrons. The average molecular weight is 335 g/mol. The van der Waals surface area contributed by atoms with Crippen molar-refractivity contribution in [3.8, 4) is 5.75 Å². The first kappa shape index (κ1) is 18.8. The highest BCUT2D eigenvalue weighted by Gasteiger charge is 2.17. The zero-order valence-electron chi connectivity index (χ0n) is 13.5. The summed E-state index contributed by atoms with van der Waals surface area (Å²) in [6.07, 6.45) is 0.100. The Bertz CT molecular complexity index is 588. The SMILES string of the molecule is CC(C)(C)OC(=O)NC(=N)c1ccc(OCCCN=C=S)cc1. The Hall–Kier alpha value is -2.24. The van der Waals surface area contributed by atoms with Crippen molar-refractivity contribution in [2.75, 3.05) is 13.2 Å². The molecule has 0 heterocycles. The Kier molecular flexibility index (Phi) is 7.38. The number of isothiocyanates is 1. The van der Waals surface area contributed by atoms with Gasteiger partial charge in [0.1, 0.15) is 17.2 Å². The van der Waals surface area contributed by atoms with E-state index in [1.54, 1.807) is 45.0 Å². The van der Waals surface area contributed by atoms with E-state index < -0.39 is 11.7 Å². The van der Waals surface area contributed by atoms with Crippen molar-refractivity contribution in [3.05, 3.63) is 29.8 Å². The Balaban J connectivity index is 2.47. The second-order valence-corrected chi connectivity index (χ2v) is 5.88. The lowest BCUT2D eigenvalue weighted by Gasteiger charge is -2.19. The van der Waals surface area contributed by atoms with Crippen LogP contribution in [0.5, 0.6) is 5.75 Å². The first-order chi connectivity index (χ1) is 10.8. The molecule has 1 aromatic rings. The normalized spacial score (nSPS) is 10.4. The fourth-order valence-electron chi connectivity index (χ4n) is 1.57. The van der Waals surface area contributed by atoms with E-state index in [0.29, 0.717) is 24.5 Å². The number of amidine groups is 1.